The number of carbonyl (C=O) groups excluding carboxylic acids is 1. The molecule has 2 aliphatic carbocycles. The number of ether oxygens (including phenoxy) is 1. The molecule has 2 saturated carbocycles. The first kappa shape index (κ1) is 28.8. The van der Waals surface area contributed by atoms with Gasteiger partial charge in [-0.1, -0.05) is 23.2 Å². The Morgan fingerprint density at radius 3 is 2.41 bits per heavy atom. The van der Waals surface area contributed by atoms with Crippen LogP contribution in [0.1, 0.15) is 37.8 Å². The lowest BCUT2D eigenvalue weighted by molar-refractivity contribution is -0.123. The Labute approximate surface area is 241 Å². The minimum absolute atomic E-state index is 0.0240. The normalized spacial score (nSPS) is 18.3. The van der Waals surface area contributed by atoms with Crippen LogP contribution in [0.25, 0.3) is 5.69 Å². The van der Waals surface area contributed by atoms with Gasteiger partial charge in [-0.2, -0.15) is 9.78 Å². The summed E-state index contributed by atoms with van der Waals surface area (Å²) < 4.78 is 57.9. The summed E-state index contributed by atoms with van der Waals surface area (Å²) in [5.74, 6) is -0.456. The zero-order valence-corrected chi connectivity index (χ0v) is 23.1. The number of carbonyl (C=O) groups is 1. The van der Waals surface area contributed by atoms with Crippen molar-refractivity contribution in [3.8, 4) is 22.9 Å². The van der Waals surface area contributed by atoms with E-state index in [1.165, 1.54) is 18.2 Å². The predicted octanol–water partition coefficient (Wildman–Crippen LogP) is 3.05. The van der Waals surface area contributed by atoms with E-state index in [9.17, 15) is 36.7 Å². The van der Waals surface area contributed by atoms with E-state index in [2.05, 4.69) is 10.4 Å². The zero-order valence-electron chi connectivity index (χ0n) is 20.7. The number of aromatic hydroxyl groups is 1. The molecule has 1 heterocycles. The number of hydrogen-bond donors (Lipinski definition) is 4. The number of anilines is 1. The molecule has 1 aromatic heterocycles. The van der Waals surface area contributed by atoms with Gasteiger partial charge in [0, 0.05) is 24.1 Å². The number of benzene rings is 2. The number of nitrogens with zero attached hydrogens (tertiary/aromatic N) is 3. The van der Waals surface area contributed by atoms with Gasteiger partial charge in [-0.05, 0) is 49.9 Å². The van der Waals surface area contributed by atoms with Crippen LogP contribution in [0.15, 0.2) is 39.9 Å². The topological polar surface area (TPSA) is 164 Å². The number of nitrogens with one attached hydrogen (secondary N) is 2. The molecule has 3 N–H and O–H groups in total. The Morgan fingerprint density at radius 2 is 1.83 bits per heavy atom. The maximum absolute atomic E-state index is 13.1. The molecule has 0 aliphatic heterocycles. The number of phenols is 1. The van der Waals surface area contributed by atoms with Crippen LogP contribution in [0.2, 0.25) is 10.0 Å². The summed E-state index contributed by atoms with van der Waals surface area (Å²) in [4.78, 5) is 37.5. The molecule has 3 aromatic rings. The molecule has 2 fully saturated rings. The fourth-order valence-corrected chi connectivity index (χ4v) is 5.70. The maximum Gasteiger partial charge on any atom is 0.349 e. The van der Waals surface area contributed by atoms with Crippen molar-refractivity contribution < 1.29 is 31.8 Å². The first-order valence-corrected chi connectivity index (χ1v) is 14.1. The number of aromatic nitrogens is 3. The van der Waals surface area contributed by atoms with E-state index in [-0.39, 0.29) is 56.5 Å². The van der Waals surface area contributed by atoms with Gasteiger partial charge in [-0.25, -0.2) is 22.0 Å². The standard InChI is InChI=1S/C24H21Cl2F2N5O7S/c25-15-7-12(32-24(37)30-23(36)19(31-32)21(27)28)8-16(26)20(15)40-14-3-4-18(34)17(9-14)33(41(38)39)13-5-11(6-13)29-22(35)10-1-2-10/h3-4,7-11,13,21,34,41H,1-2,5-6H2,(H,29,35)(H,30,36,37). The molecule has 41 heavy (non-hydrogen) atoms. The zero-order chi connectivity index (χ0) is 29.6. The Hall–Kier alpha value is -3.69. The van der Waals surface area contributed by atoms with Gasteiger partial charge in [0.05, 0.1) is 21.4 Å². The molecular formula is C24H21Cl2F2N5O7S. The molecule has 0 spiro atoms. The second-order valence-electron chi connectivity index (χ2n) is 9.54. The SMILES string of the molecule is O=C(NC1CC(N(c2cc(Oc3c(Cl)cc(-n4nc(C(F)F)c(=O)[nH]c4=O)cc3Cl)ccc2O)[SH](=O)=O)C1)C1CC1. The van der Waals surface area contributed by atoms with E-state index in [0.717, 1.165) is 29.3 Å². The summed E-state index contributed by atoms with van der Waals surface area (Å²) in [5, 5.41) is 16.4. The van der Waals surface area contributed by atoms with Crippen molar-refractivity contribution in [3.63, 3.8) is 0 Å². The van der Waals surface area contributed by atoms with E-state index in [0.29, 0.717) is 17.5 Å². The first-order valence-electron chi connectivity index (χ1n) is 12.2. The highest BCUT2D eigenvalue weighted by Gasteiger charge is 2.39. The van der Waals surface area contributed by atoms with Gasteiger partial charge >= 0.3 is 5.69 Å². The highest BCUT2D eigenvalue weighted by Crippen LogP contribution is 2.42. The third-order valence-corrected chi connectivity index (χ3v) is 8.09. The number of halogens is 4. The van der Waals surface area contributed by atoms with Crippen LogP contribution >= 0.6 is 23.2 Å². The lowest BCUT2D eigenvalue weighted by Gasteiger charge is -2.41. The smallest absolute Gasteiger partial charge is 0.349 e. The van der Waals surface area contributed by atoms with Crippen molar-refractivity contribution in [1.82, 2.24) is 20.1 Å². The molecular weight excluding hydrogens is 611 g/mol. The minimum atomic E-state index is -3.25. The molecule has 2 aliphatic rings. The third kappa shape index (κ3) is 6.01. The Balaban J connectivity index is 1.39. The molecule has 0 radical (unpaired) electrons. The van der Waals surface area contributed by atoms with Crippen LogP contribution in [0.4, 0.5) is 14.5 Å². The quantitative estimate of drug-likeness (QED) is 0.262. The molecule has 2 aromatic carbocycles. The van der Waals surface area contributed by atoms with Crippen molar-refractivity contribution >= 4 is 45.7 Å². The van der Waals surface area contributed by atoms with Gasteiger partial charge < -0.3 is 15.2 Å². The lowest BCUT2D eigenvalue weighted by atomic mass is 9.86. The number of H-pyrrole nitrogens is 1. The van der Waals surface area contributed by atoms with Gasteiger partial charge in [-0.15, -0.1) is 0 Å². The molecule has 0 saturated heterocycles. The van der Waals surface area contributed by atoms with Crippen molar-refractivity contribution in [3.05, 3.63) is 66.9 Å². The average Bonchev–Trinajstić information content (AvgIpc) is 3.71. The highest BCUT2D eigenvalue weighted by atomic mass is 35.5. The molecule has 0 bridgehead atoms. The summed E-state index contributed by atoms with van der Waals surface area (Å²) in [7, 11) is -3.18. The van der Waals surface area contributed by atoms with E-state index in [1.807, 2.05) is 0 Å². The largest absolute Gasteiger partial charge is 0.506 e. The Kier molecular flexibility index (Phi) is 7.94. The van der Waals surface area contributed by atoms with Crippen molar-refractivity contribution in [2.45, 2.75) is 44.2 Å². The molecule has 12 nitrogen and oxygen atoms in total. The van der Waals surface area contributed by atoms with Crippen LogP contribution in [0.3, 0.4) is 0 Å². The highest BCUT2D eigenvalue weighted by molar-refractivity contribution is 7.74. The van der Waals surface area contributed by atoms with Crippen molar-refractivity contribution in [2.75, 3.05) is 4.31 Å². The van der Waals surface area contributed by atoms with Crippen molar-refractivity contribution in [2.24, 2.45) is 5.92 Å². The molecule has 0 atom stereocenters. The molecule has 1 amide bonds. The van der Waals surface area contributed by atoms with Gasteiger partial charge in [0.15, 0.2) is 11.4 Å². The van der Waals surface area contributed by atoms with E-state index in [4.69, 9.17) is 27.9 Å². The summed E-state index contributed by atoms with van der Waals surface area (Å²) in [6.45, 7) is 0. The van der Waals surface area contributed by atoms with Crippen LogP contribution < -0.4 is 25.6 Å². The fourth-order valence-electron chi connectivity index (χ4n) is 4.35. The first-order chi connectivity index (χ1) is 19.4. The summed E-state index contributed by atoms with van der Waals surface area (Å²) in [5.41, 5.74) is -3.85. The van der Waals surface area contributed by atoms with Gasteiger partial charge in [-0.3, -0.25) is 18.9 Å². The average molecular weight is 632 g/mol. The summed E-state index contributed by atoms with van der Waals surface area (Å²) in [6.07, 6.45) is -0.840. The number of aromatic amines is 1. The molecule has 17 heteroatoms. The van der Waals surface area contributed by atoms with Crippen LogP contribution in [-0.2, 0) is 15.7 Å². The van der Waals surface area contributed by atoms with E-state index in [1.54, 1.807) is 4.98 Å². The second kappa shape index (κ2) is 11.3. The van der Waals surface area contributed by atoms with E-state index < -0.39 is 40.3 Å². The maximum atomic E-state index is 13.1. The van der Waals surface area contributed by atoms with Gasteiger partial charge in [0.25, 0.3) is 12.0 Å². The predicted molar refractivity (Wildman–Crippen MR) is 144 cm³/mol. The van der Waals surface area contributed by atoms with E-state index >= 15 is 0 Å². The lowest BCUT2D eigenvalue weighted by Crippen LogP contribution is -2.54. The number of rotatable bonds is 9. The van der Waals surface area contributed by atoms with Crippen LogP contribution in [-0.4, -0.2) is 46.3 Å². The van der Waals surface area contributed by atoms with Crippen LogP contribution in [0.5, 0.6) is 17.2 Å². The summed E-state index contributed by atoms with van der Waals surface area (Å²) in [6, 6.07) is 5.40. The molecule has 0 unspecified atom stereocenters. The molecule has 5 rings (SSSR count). The monoisotopic (exact) mass is 631 g/mol. The minimum Gasteiger partial charge on any atom is -0.506 e. The number of hydrogen-bond acceptors (Lipinski definition) is 8. The Morgan fingerprint density at radius 1 is 1.17 bits per heavy atom. The van der Waals surface area contributed by atoms with Gasteiger partial charge in [0.1, 0.15) is 11.5 Å². The number of thiol groups is 1. The fraction of sp³-hybridized carbons (Fsp3) is 0.333. The third-order valence-electron chi connectivity index (χ3n) is 6.63. The number of phenolic OH excluding ortho intramolecular Hbond substituents is 1. The molecule has 218 valence electrons. The Bertz CT molecular complexity index is 1690. The number of alkyl halides is 2. The van der Waals surface area contributed by atoms with Crippen molar-refractivity contribution in [1.29, 1.82) is 0 Å². The summed E-state index contributed by atoms with van der Waals surface area (Å²) >= 11 is 12.6. The van der Waals surface area contributed by atoms with Crippen LogP contribution in [0, 0.1) is 5.92 Å². The number of amides is 1. The van der Waals surface area contributed by atoms with Gasteiger partial charge in [0.2, 0.25) is 16.8 Å². The second-order valence-corrected chi connectivity index (χ2v) is 11.3.